The van der Waals surface area contributed by atoms with Crippen LogP contribution in [0.1, 0.15) is 33.2 Å². The highest BCUT2D eigenvalue weighted by molar-refractivity contribution is 9.10. The monoisotopic (exact) mass is 270 g/mol. The largest absolute Gasteiger partial charge is 0.462 e. The number of benzene rings is 1. The van der Waals surface area contributed by atoms with Crippen LogP contribution in [0, 0.1) is 6.92 Å². The summed E-state index contributed by atoms with van der Waals surface area (Å²) in [5.74, 6) is -0.480. The first-order chi connectivity index (χ1) is 7.10. The van der Waals surface area contributed by atoms with E-state index in [0.29, 0.717) is 16.3 Å². The molecule has 0 radical (unpaired) electrons. The van der Waals surface area contributed by atoms with Gasteiger partial charge in [-0.3, -0.25) is 4.79 Å². The third-order valence-corrected chi connectivity index (χ3v) is 2.50. The van der Waals surface area contributed by atoms with Crippen molar-refractivity contribution in [1.29, 1.82) is 0 Å². The average molecular weight is 271 g/mol. The lowest BCUT2D eigenvalue weighted by atomic mass is 10.1. The van der Waals surface area contributed by atoms with E-state index in [2.05, 4.69) is 15.9 Å². The summed E-state index contributed by atoms with van der Waals surface area (Å²) in [4.78, 5) is 22.4. The summed E-state index contributed by atoms with van der Waals surface area (Å²) >= 11 is 3.25. The van der Waals surface area contributed by atoms with E-state index in [1.165, 1.54) is 0 Å². The Labute approximate surface area is 96.6 Å². The molecule has 80 valence electrons. The number of hydrogen-bond donors (Lipinski definition) is 0. The third-order valence-electron chi connectivity index (χ3n) is 1.87. The molecule has 4 heteroatoms. The number of esters is 1. The summed E-state index contributed by atoms with van der Waals surface area (Å²) in [6.07, 6.45) is 0.657. The van der Waals surface area contributed by atoms with Gasteiger partial charge in [-0.2, -0.15) is 0 Å². The maximum absolute atomic E-state index is 11.5. The average Bonchev–Trinajstić information content (AvgIpc) is 2.16. The molecule has 0 aliphatic rings. The lowest BCUT2D eigenvalue weighted by Gasteiger charge is -2.07. The van der Waals surface area contributed by atoms with Crippen molar-refractivity contribution in [3.05, 3.63) is 33.3 Å². The van der Waals surface area contributed by atoms with Gasteiger partial charge in [0.05, 0.1) is 12.2 Å². The van der Waals surface area contributed by atoms with Crippen molar-refractivity contribution in [3.63, 3.8) is 0 Å². The van der Waals surface area contributed by atoms with Crippen LogP contribution in [0.2, 0.25) is 0 Å². The molecule has 1 aromatic rings. The Morgan fingerprint density at radius 1 is 1.53 bits per heavy atom. The number of aryl methyl sites for hydroxylation is 1. The Morgan fingerprint density at radius 3 is 2.73 bits per heavy atom. The molecule has 1 rings (SSSR count). The number of carbonyl (C=O) groups is 2. The van der Waals surface area contributed by atoms with Gasteiger partial charge in [-0.25, -0.2) is 4.79 Å². The van der Waals surface area contributed by atoms with E-state index < -0.39 is 5.97 Å². The highest BCUT2D eigenvalue weighted by atomic mass is 79.9. The third kappa shape index (κ3) is 2.65. The highest BCUT2D eigenvalue weighted by Crippen LogP contribution is 2.22. The van der Waals surface area contributed by atoms with Gasteiger partial charge in [-0.05, 0) is 47.5 Å². The molecule has 0 saturated heterocycles. The van der Waals surface area contributed by atoms with Crippen LogP contribution in [-0.4, -0.2) is 18.9 Å². The molecule has 0 aromatic heterocycles. The first-order valence-electron chi connectivity index (χ1n) is 4.52. The van der Waals surface area contributed by atoms with Crippen LogP contribution in [0.15, 0.2) is 16.6 Å². The van der Waals surface area contributed by atoms with Crippen LogP contribution >= 0.6 is 15.9 Å². The fraction of sp³-hybridized carbons (Fsp3) is 0.273. The van der Waals surface area contributed by atoms with Crippen LogP contribution in [-0.2, 0) is 4.74 Å². The zero-order valence-corrected chi connectivity index (χ0v) is 10.1. The van der Waals surface area contributed by atoms with Crippen molar-refractivity contribution in [2.24, 2.45) is 0 Å². The molecule has 0 saturated carbocycles. The van der Waals surface area contributed by atoms with Gasteiger partial charge in [-0.15, -0.1) is 0 Å². The Bertz CT molecular complexity index is 399. The Morgan fingerprint density at radius 2 is 2.20 bits per heavy atom. The second-order valence-corrected chi connectivity index (χ2v) is 3.90. The molecule has 0 amide bonds. The quantitative estimate of drug-likeness (QED) is 0.627. The molecule has 0 spiro atoms. The van der Waals surface area contributed by atoms with Gasteiger partial charge < -0.3 is 4.74 Å². The molecule has 0 bridgehead atoms. The van der Waals surface area contributed by atoms with E-state index in [1.807, 2.05) is 6.92 Å². The van der Waals surface area contributed by atoms with Crippen molar-refractivity contribution in [2.45, 2.75) is 13.8 Å². The predicted molar refractivity (Wildman–Crippen MR) is 60.2 cm³/mol. The van der Waals surface area contributed by atoms with Crippen LogP contribution < -0.4 is 0 Å². The van der Waals surface area contributed by atoms with Gasteiger partial charge >= 0.3 is 5.97 Å². The molecule has 0 aliphatic heterocycles. The van der Waals surface area contributed by atoms with Crippen LogP contribution in [0.5, 0.6) is 0 Å². The Balaban J connectivity index is 3.26. The van der Waals surface area contributed by atoms with E-state index >= 15 is 0 Å². The summed E-state index contributed by atoms with van der Waals surface area (Å²) in [6.45, 7) is 3.87. The molecule has 15 heavy (non-hydrogen) atoms. The van der Waals surface area contributed by atoms with Gasteiger partial charge in [-0.1, -0.05) is 0 Å². The SMILES string of the molecule is CCOC(=O)c1c(Br)cc(C)cc1C=O. The van der Waals surface area contributed by atoms with Crippen LogP contribution in [0.4, 0.5) is 0 Å². The molecule has 0 atom stereocenters. The standard InChI is InChI=1S/C11H11BrO3/c1-3-15-11(14)10-8(6-13)4-7(2)5-9(10)12/h4-6H,3H2,1-2H3. The summed E-state index contributed by atoms with van der Waals surface area (Å²) in [7, 11) is 0. The number of carbonyl (C=O) groups excluding carboxylic acids is 2. The van der Waals surface area contributed by atoms with E-state index in [9.17, 15) is 9.59 Å². The molecule has 1 aromatic carbocycles. The minimum absolute atomic E-state index is 0.289. The molecule has 0 unspecified atom stereocenters. The lowest BCUT2D eigenvalue weighted by molar-refractivity contribution is 0.0523. The normalized spacial score (nSPS) is 9.80. The highest BCUT2D eigenvalue weighted by Gasteiger charge is 2.16. The zero-order valence-electron chi connectivity index (χ0n) is 8.54. The lowest BCUT2D eigenvalue weighted by Crippen LogP contribution is -2.09. The maximum atomic E-state index is 11.5. The summed E-state index contributed by atoms with van der Waals surface area (Å²) in [5.41, 5.74) is 1.55. The molecule has 0 fully saturated rings. The fourth-order valence-electron chi connectivity index (χ4n) is 1.28. The summed E-state index contributed by atoms with van der Waals surface area (Å²) < 4.78 is 5.45. The zero-order chi connectivity index (χ0) is 11.4. The van der Waals surface area contributed by atoms with Crippen LogP contribution in [0.3, 0.4) is 0 Å². The molecule has 0 N–H and O–H groups in total. The number of hydrogen-bond acceptors (Lipinski definition) is 3. The minimum Gasteiger partial charge on any atom is -0.462 e. The van der Waals surface area contributed by atoms with Gasteiger partial charge in [0, 0.05) is 10.0 Å². The van der Waals surface area contributed by atoms with E-state index in [-0.39, 0.29) is 12.2 Å². The molecular weight excluding hydrogens is 260 g/mol. The van der Waals surface area contributed by atoms with Gasteiger partial charge in [0.15, 0.2) is 6.29 Å². The smallest absolute Gasteiger partial charge is 0.340 e. The summed E-state index contributed by atoms with van der Waals surface area (Å²) in [6, 6.07) is 3.43. The number of aldehydes is 1. The second kappa shape index (κ2) is 5.07. The molecule has 0 aliphatic carbocycles. The van der Waals surface area contributed by atoms with E-state index in [0.717, 1.165) is 5.56 Å². The Hall–Kier alpha value is -1.16. The van der Waals surface area contributed by atoms with E-state index in [1.54, 1.807) is 19.1 Å². The number of ether oxygens (including phenoxy) is 1. The second-order valence-electron chi connectivity index (χ2n) is 3.05. The number of halogens is 1. The molecule has 3 nitrogen and oxygen atoms in total. The molecule has 0 heterocycles. The summed E-state index contributed by atoms with van der Waals surface area (Å²) in [5, 5.41) is 0. The first-order valence-corrected chi connectivity index (χ1v) is 5.32. The van der Waals surface area contributed by atoms with Crippen molar-refractivity contribution < 1.29 is 14.3 Å². The Kier molecular flexibility index (Phi) is 4.03. The van der Waals surface area contributed by atoms with Crippen molar-refractivity contribution in [3.8, 4) is 0 Å². The van der Waals surface area contributed by atoms with Gasteiger partial charge in [0.25, 0.3) is 0 Å². The first kappa shape index (κ1) is 11.9. The maximum Gasteiger partial charge on any atom is 0.340 e. The van der Waals surface area contributed by atoms with E-state index in [4.69, 9.17) is 4.74 Å². The molecular formula is C11H11BrO3. The van der Waals surface area contributed by atoms with Crippen LogP contribution in [0.25, 0.3) is 0 Å². The fourth-order valence-corrected chi connectivity index (χ4v) is 2.03. The van der Waals surface area contributed by atoms with Gasteiger partial charge in [0.1, 0.15) is 0 Å². The topological polar surface area (TPSA) is 43.4 Å². The van der Waals surface area contributed by atoms with Crippen molar-refractivity contribution in [2.75, 3.05) is 6.61 Å². The van der Waals surface area contributed by atoms with Crippen molar-refractivity contribution >= 4 is 28.2 Å². The van der Waals surface area contributed by atoms with Crippen molar-refractivity contribution in [1.82, 2.24) is 0 Å². The number of rotatable bonds is 3. The predicted octanol–water partition coefficient (Wildman–Crippen LogP) is 2.75. The van der Waals surface area contributed by atoms with Gasteiger partial charge in [0.2, 0.25) is 0 Å². The minimum atomic E-state index is -0.480.